The minimum absolute atomic E-state index is 0.268. The zero-order chi connectivity index (χ0) is 34.8. The number of aromatic amines is 1. The van der Waals surface area contributed by atoms with E-state index in [1.165, 1.54) is 12.1 Å². The number of aryl methyl sites for hydroxylation is 1. The predicted molar refractivity (Wildman–Crippen MR) is 193 cm³/mol. The number of nitrogens with one attached hydrogen (secondary N) is 1. The number of anilines is 1. The van der Waals surface area contributed by atoms with Gasteiger partial charge in [0.2, 0.25) is 0 Å². The maximum atomic E-state index is 13.8. The molecule has 3 atom stereocenters. The smallest absolute Gasteiger partial charge is 0.326 e. The Labute approximate surface area is 297 Å². The number of halogens is 2. The largest absolute Gasteiger partial charge is 0.493 e. The van der Waals surface area contributed by atoms with Gasteiger partial charge in [0.15, 0.2) is 0 Å². The first-order valence-corrected chi connectivity index (χ1v) is 18.3. The molecule has 11 heteroatoms. The summed E-state index contributed by atoms with van der Waals surface area (Å²) in [6.07, 6.45) is 4.26. The lowest BCUT2D eigenvalue weighted by Crippen LogP contribution is -2.41. The Morgan fingerprint density at radius 3 is 2.76 bits per heavy atom. The number of H-pyrrole nitrogens is 1. The van der Waals surface area contributed by atoms with Crippen LogP contribution in [0.2, 0.25) is 5.02 Å². The normalized spacial score (nSPS) is 22.6. The van der Waals surface area contributed by atoms with Crippen molar-refractivity contribution in [1.82, 2.24) is 15.1 Å². The summed E-state index contributed by atoms with van der Waals surface area (Å²) in [6.45, 7) is 9.83. The molecule has 0 saturated carbocycles. The maximum absolute atomic E-state index is 13.8. The third kappa shape index (κ3) is 6.70. The zero-order valence-electron chi connectivity index (χ0n) is 28.9. The lowest BCUT2D eigenvalue weighted by molar-refractivity contribution is -0.139. The summed E-state index contributed by atoms with van der Waals surface area (Å²) in [5, 5.41) is 21.2. The fourth-order valence-electron chi connectivity index (χ4n) is 8.08. The Morgan fingerprint density at radius 1 is 1.12 bits per heavy atom. The van der Waals surface area contributed by atoms with Crippen LogP contribution < -0.4 is 9.64 Å². The van der Waals surface area contributed by atoms with Crippen LogP contribution in [0.1, 0.15) is 68.8 Å². The number of hydrogen-bond donors (Lipinski definition) is 2. The fourth-order valence-corrected chi connectivity index (χ4v) is 8.33. The first-order chi connectivity index (χ1) is 24.3. The molecule has 3 aliphatic heterocycles. The van der Waals surface area contributed by atoms with Crippen molar-refractivity contribution in [1.29, 1.82) is 0 Å². The number of carbonyl (C=O) groups is 1. The average molecular weight is 705 g/mol. The third-order valence-corrected chi connectivity index (χ3v) is 11.0. The number of aliphatic carboxylic acids is 1. The van der Waals surface area contributed by atoms with Gasteiger partial charge >= 0.3 is 5.97 Å². The summed E-state index contributed by atoms with van der Waals surface area (Å²) in [5.74, 6) is -0.721. The van der Waals surface area contributed by atoms with Gasteiger partial charge in [0.05, 0.1) is 30.5 Å². The number of carboxylic acids is 1. The Balaban J connectivity index is 1.23. The molecule has 0 aliphatic carbocycles. The summed E-state index contributed by atoms with van der Waals surface area (Å²) >= 11 is 7.18. The molecule has 4 aromatic rings. The predicted octanol–water partition coefficient (Wildman–Crippen LogP) is 7.55. The number of morpholine rings is 1. The first-order valence-electron chi connectivity index (χ1n) is 17.9. The topological polar surface area (TPSA) is 100 Å². The minimum Gasteiger partial charge on any atom is -0.493 e. The average Bonchev–Trinajstić information content (AvgIpc) is 3.68. The molecular weight excluding hydrogens is 659 g/mol. The molecule has 50 heavy (non-hydrogen) atoms. The van der Waals surface area contributed by atoms with Crippen molar-refractivity contribution >= 4 is 34.0 Å². The van der Waals surface area contributed by atoms with Gasteiger partial charge in [-0.15, -0.1) is 0 Å². The van der Waals surface area contributed by atoms with Crippen LogP contribution in [0.4, 0.5) is 10.1 Å². The van der Waals surface area contributed by atoms with E-state index >= 15 is 0 Å². The highest BCUT2D eigenvalue weighted by Crippen LogP contribution is 2.53. The van der Waals surface area contributed by atoms with E-state index in [9.17, 15) is 14.3 Å². The lowest BCUT2D eigenvalue weighted by Gasteiger charge is -2.34. The summed E-state index contributed by atoms with van der Waals surface area (Å²) in [5.41, 5.74) is 4.72. The number of aromatic nitrogens is 2. The number of fused-ring (bicyclic) bond motifs is 3. The molecule has 0 amide bonds. The number of carboxylic acid groups (broad SMARTS) is 1. The molecule has 1 aromatic heterocycles. The van der Waals surface area contributed by atoms with Gasteiger partial charge in [0.25, 0.3) is 0 Å². The zero-order valence-corrected chi connectivity index (χ0v) is 29.6. The number of ether oxygens (including phenoxy) is 3. The van der Waals surface area contributed by atoms with Crippen LogP contribution in [-0.2, 0) is 26.3 Å². The minimum atomic E-state index is -0.852. The van der Waals surface area contributed by atoms with Gasteiger partial charge in [0.1, 0.15) is 28.9 Å². The van der Waals surface area contributed by atoms with Gasteiger partial charge in [-0.2, -0.15) is 5.10 Å². The molecule has 7 rings (SSSR count). The number of benzene rings is 3. The summed E-state index contributed by atoms with van der Waals surface area (Å²) < 4.78 is 32.4. The summed E-state index contributed by atoms with van der Waals surface area (Å²) in [7, 11) is 0. The second-order valence-corrected chi connectivity index (χ2v) is 14.2. The van der Waals surface area contributed by atoms with Crippen molar-refractivity contribution in [2.24, 2.45) is 0 Å². The van der Waals surface area contributed by atoms with Crippen LogP contribution in [0, 0.1) is 5.82 Å². The van der Waals surface area contributed by atoms with Crippen molar-refractivity contribution in [3.05, 3.63) is 76.3 Å². The van der Waals surface area contributed by atoms with Crippen molar-refractivity contribution in [2.75, 3.05) is 57.5 Å². The quantitative estimate of drug-likeness (QED) is 0.163. The molecule has 0 spiro atoms. The number of rotatable bonds is 10. The third-order valence-electron chi connectivity index (χ3n) is 10.7. The standard InChI is InChI=1S/C39H46ClFN4O5/c1-3-31-34-33-30(40)14-13-29-28(9-7-20-49-32-10-6-8-25-24-26(41)11-12-27(25)32)36(38(46)47)45(35(29)33)16-4-5-21-50-39(2,37(34)43-42-31)15-17-44-18-22-48-23-19-44/h6,8,10-14,24,28,36H,3-5,7,9,15-23H2,1-2H3,(H,42,43)(H,46,47)/t28?,36?,39-/m0/s1. The van der Waals surface area contributed by atoms with Gasteiger partial charge < -0.3 is 24.2 Å². The first kappa shape index (κ1) is 34.7. The van der Waals surface area contributed by atoms with Gasteiger partial charge in [-0.1, -0.05) is 36.7 Å². The molecule has 1 saturated heterocycles. The fraction of sp³-hybridized carbons (Fsp3) is 0.487. The van der Waals surface area contributed by atoms with E-state index < -0.39 is 17.6 Å². The van der Waals surface area contributed by atoms with Crippen LogP contribution >= 0.6 is 11.6 Å². The molecule has 2 N–H and O–H groups in total. The van der Waals surface area contributed by atoms with Gasteiger partial charge in [-0.25, -0.2) is 9.18 Å². The molecule has 3 aliphatic rings. The van der Waals surface area contributed by atoms with Crippen molar-refractivity contribution < 1.29 is 28.5 Å². The molecule has 0 radical (unpaired) electrons. The molecule has 1 fully saturated rings. The molecular formula is C39H46ClFN4O5. The monoisotopic (exact) mass is 704 g/mol. The summed E-state index contributed by atoms with van der Waals surface area (Å²) in [6, 6.07) is 13.5. The van der Waals surface area contributed by atoms with Gasteiger partial charge in [-0.05, 0) is 86.7 Å². The van der Waals surface area contributed by atoms with Crippen LogP contribution in [0.15, 0.2) is 48.5 Å². The molecule has 9 nitrogen and oxygen atoms in total. The maximum Gasteiger partial charge on any atom is 0.326 e. The Morgan fingerprint density at radius 2 is 1.96 bits per heavy atom. The lowest BCUT2D eigenvalue weighted by atomic mass is 9.86. The molecule has 2 unspecified atom stereocenters. The van der Waals surface area contributed by atoms with E-state index in [2.05, 4.69) is 28.7 Å². The molecule has 4 heterocycles. The Hall–Kier alpha value is -3.70. The Kier molecular flexibility index (Phi) is 10.3. The molecule has 3 aromatic carbocycles. The van der Waals surface area contributed by atoms with E-state index in [4.69, 9.17) is 30.9 Å². The SMILES string of the molecule is CCc1[nH]nc2c1-c1c(Cl)ccc3c1N(CCCCO[C@@]2(C)CCN1CCOCC1)C(C(=O)O)C3CCCOc1cccc2cc(F)ccc12. The second-order valence-electron chi connectivity index (χ2n) is 13.8. The van der Waals surface area contributed by atoms with E-state index in [1.807, 2.05) is 30.3 Å². The van der Waals surface area contributed by atoms with Crippen molar-refractivity contribution in [3.8, 4) is 16.9 Å². The van der Waals surface area contributed by atoms with Gasteiger partial charge in [-0.3, -0.25) is 10.00 Å². The number of nitrogens with zero attached hydrogens (tertiary/aromatic N) is 3. The van der Waals surface area contributed by atoms with E-state index in [0.29, 0.717) is 49.8 Å². The van der Waals surface area contributed by atoms with E-state index in [-0.39, 0.29) is 11.7 Å². The van der Waals surface area contributed by atoms with Crippen LogP contribution in [-0.4, -0.2) is 84.8 Å². The van der Waals surface area contributed by atoms with Crippen molar-refractivity contribution in [3.63, 3.8) is 0 Å². The Bertz CT molecular complexity index is 1840. The van der Waals surface area contributed by atoms with Crippen molar-refractivity contribution in [2.45, 2.75) is 69.9 Å². The van der Waals surface area contributed by atoms with Gasteiger partial charge in [0, 0.05) is 60.9 Å². The molecule has 0 bridgehead atoms. The molecule has 266 valence electrons. The highest BCUT2D eigenvalue weighted by Gasteiger charge is 2.46. The van der Waals surface area contributed by atoms with Crippen LogP contribution in [0.25, 0.3) is 21.9 Å². The highest BCUT2D eigenvalue weighted by molar-refractivity contribution is 6.34. The van der Waals surface area contributed by atoms with E-state index in [1.54, 1.807) is 6.07 Å². The summed E-state index contributed by atoms with van der Waals surface area (Å²) in [4.78, 5) is 17.7. The second kappa shape index (κ2) is 14.9. The highest BCUT2D eigenvalue weighted by atomic mass is 35.5. The van der Waals surface area contributed by atoms with E-state index in [0.717, 1.165) is 96.6 Å². The number of hydrogen-bond acceptors (Lipinski definition) is 7. The van der Waals surface area contributed by atoms with Crippen LogP contribution in [0.5, 0.6) is 5.75 Å². The van der Waals surface area contributed by atoms with Crippen LogP contribution in [0.3, 0.4) is 0 Å².